The maximum atomic E-state index is 10.9. The van der Waals surface area contributed by atoms with Gasteiger partial charge in [-0.05, 0) is 23.6 Å². The molecule has 0 fully saturated rings. The molecule has 1 aromatic heterocycles. The van der Waals surface area contributed by atoms with Crippen LogP contribution in [0.25, 0.3) is 0 Å². The number of hydrogen-bond donors (Lipinski definition) is 2. The number of phenols is 1. The summed E-state index contributed by atoms with van der Waals surface area (Å²) >= 11 is 1.42. The molecule has 0 spiro atoms. The van der Waals surface area contributed by atoms with E-state index >= 15 is 0 Å². The van der Waals surface area contributed by atoms with Gasteiger partial charge in [0.25, 0.3) is 5.69 Å². The maximum Gasteiger partial charge on any atom is 0.274 e. The van der Waals surface area contributed by atoms with Crippen LogP contribution in [0.3, 0.4) is 0 Å². The van der Waals surface area contributed by atoms with Crippen LogP contribution in [0.15, 0.2) is 35.7 Å². The van der Waals surface area contributed by atoms with Gasteiger partial charge in [-0.2, -0.15) is 0 Å². The molecule has 3 N–H and O–H groups in total. The van der Waals surface area contributed by atoms with Gasteiger partial charge in [0.1, 0.15) is 5.75 Å². The van der Waals surface area contributed by atoms with E-state index in [-0.39, 0.29) is 11.4 Å². The summed E-state index contributed by atoms with van der Waals surface area (Å²) in [5.41, 5.74) is 6.20. The Morgan fingerprint density at radius 2 is 2.18 bits per heavy atom. The van der Waals surface area contributed by atoms with E-state index in [0.717, 1.165) is 4.88 Å². The van der Waals surface area contributed by atoms with Crippen molar-refractivity contribution in [1.82, 2.24) is 0 Å². The van der Waals surface area contributed by atoms with E-state index < -0.39 is 11.0 Å². The predicted octanol–water partition coefficient (Wildman–Crippen LogP) is 2.41. The highest BCUT2D eigenvalue weighted by atomic mass is 32.1. The van der Waals surface area contributed by atoms with Gasteiger partial charge >= 0.3 is 0 Å². The second-order valence-electron chi connectivity index (χ2n) is 3.49. The van der Waals surface area contributed by atoms with E-state index in [1.807, 2.05) is 17.5 Å². The topological polar surface area (TPSA) is 89.4 Å². The fourth-order valence-electron chi connectivity index (χ4n) is 1.58. The largest absolute Gasteiger partial charge is 0.508 e. The summed E-state index contributed by atoms with van der Waals surface area (Å²) in [6, 6.07) is 6.92. The number of nitro groups is 1. The molecule has 0 radical (unpaired) electrons. The van der Waals surface area contributed by atoms with Crippen molar-refractivity contribution < 1.29 is 10.0 Å². The first kappa shape index (κ1) is 11.6. The van der Waals surface area contributed by atoms with Crippen LogP contribution in [0.4, 0.5) is 5.69 Å². The molecule has 0 aliphatic heterocycles. The summed E-state index contributed by atoms with van der Waals surface area (Å²) in [6.45, 7) is 0. The second-order valence-corrected chi connectivity index (χ2v) is 4.47. The van der Waals surface area contributed by atoms with Gasteiger partial charge in [0, 0.05) is 10.9 Å². The van der Waals surface area contributed by atoms with E-state index in [4.69, 9.17) is 5.73 Å². The molecule has 6 heteroatoms. The lowest BCUT2D eigenvalue weighted by Gasteiger charge is -2.10. The lowest BCUT2D eigenvalue weighted by atomic mass is 10.0. The van der Waals surface area contributed by atoms with Gasteiger partial charge in [-0.1, -0.05) is 6.07 Å². The van der Waals surface area contributed by atoms with E-state index in [1.54, 1.807) is 0 Å². The molecule has 0 saturated heterocycles. The van der Waals surface area contributed by atoms with Gasteiger partial charge in [-0.25, -0.2) is 0 Å². The Morgan fingerprint density at radius 3 is 2.76 bits per heavy atom. The third-order valence-electron chi connectivity index (χ3n) is 2.39. The number of rotatable bonds is 3. The molecule has 2 aromatic rings. The highest BCUT2D eigenvalue weighted by molar-refractivity contribution is 7.10. The maximum absolute atomic E-state index is 10.9. The first-order valence-electron chi connectivity index (χ1n) is 4.86. The third-order valence-corrected chi connectivity index (χ3v) is 3.35. The van der Waals surface area contributed by atoms with Gasteiger partial charge in [-0.3, -0.25) is 10.1 Å². The number of nitro benzene ring substituents is 1. The van der Waals surface area contributed by atoms with Crippen molar-refractivity contribution in [2.45, 2.75) is 6.04 Å². The fourth-order valence-corrected chi connectivity index (χ4v) is 2.32. The van der Waals surface area contributed by atoms with E-state index in [0.29, 0.717) is 5.56 Å². The van der Waals surface area contributed by atoms with E-state index in [2.05, 4.69) is 0 Å². The van der Waals surface area contributed by atoms with Gasteiger partial charge < -0.3 is 10.8 Å². The van der Waals surface area contributed by atoms with Crippen molar-refractivity contribution in [1.29, 1.82) is 0 Å². The molecule has 0 amide bonds. The predicted molar refractivity (Wildman–Crippen MR) is 65.1 cm³/mol. The zero-order valence-corrected chi connectivity index (χ0v) is 9.55. The van der Waals surface area contributed by atoms with Crippen molar-refractivity contribution in [2.75, 3.05) is 0 Å². The summed E-state index contributed by atoms with van der Waals surface area (Å²) in [4.78, 5) is 11.2. The van der Waals surface area contributed by atoms with Gasteiger partial charge in [0.2, 0.25) is 0 Å². The number of hydrogen-bond acceptors (Lipinski definition) is 5. The first-order chi connectivity index (χ1) is 8.09. The normalized spacial score (nSPS) is 12.3. The lowest BCUT2D eigenvalue weighted by molar-refractivity contribution is -0.385. The molecular weight excluding hydrogens is 240 g/mol. The van der Waals surface area contributed by atoms with E-state index in [1.165, 1.54) is 29.5 Å². The molecule has 0 aliphatic rings. The summed E-state index contributed by atoms with van der Waals surface area (Å²) < 4.78 is 0. The standard InChI is InChI=1S/C11H10N2O3S/c12-11(10-2-1-5-17-10)8-6-7(14)3-4-9(8)13(15)16/h1-6,11,14H,12H2/t11-/m1/s1. The molecule has 88 valence electrons. The minimum absolute atomic E-state index is 0.0300. The van der Waals surface area contributed by atoms with Gasteiger partial charge in [-0.15, -0.1) is 11.3 Å². The molecule has 1 atom stereocenters. The van der Waals surface area contributed by atoms with Gasteiger partial charge in [0.05, 0.1) is 16.5 Å². The Kier molecular flexibility index (Phi) is 3.08. The molecule has 0 aliphatic carbocycles. The number of nitrogens with two attached hydrogens (primary N) is 1. The SMILES string of the molecule is N[C@@H](c1cccs1)c1cc(O)ccc1[N+](=O)[O-]. The van der Waals surface area contributed by atoms with Crippen LogP contribution >= 0.6 is 11.3 Å². The number of aromatic hydroxyl groups is 1. The van der Waals surface area contributed by atoms with Crippen LogP contribution in [-0.2, 0) is 0 Å². The number of phenolic OH excluding ortho intramolecular Hbond substituents is 1. The number of thiophene rings is 1. The Balaban J connectivity index is 2.50. The van der Waals surface area contributed by atoms with Crippen molar-refractivity contribution >= 4 is 17.0 Å². The van der Waals surface area contributed by atoms with Gasteiger partial charge in [0.15, 0.2) is 0 Å². The summed E-state index contributed by atoms with van der Waals surface area (Å²) in [6.07, 6.45) is 0. The van der Waals surface area contributed by atoms with Crippen molar-refractivity contribution in [3.8, 4) is 5.75 Å². The molecular formula is C11H10N2O3S. The van der Waals surface area contributed by atoms with Crippen LogP contribution in [0.5, 0.6) is 5.75 Å². The first-order valence-corrected chi connectivity index (χ1v) is 5.74. The molecule has 0 saturated carbocycles. The second kappa shape index (κ2) is 4.52. The monoisotopic (exact) mass is 250 g/mol. The smallest absolute Gasteiger partial charge is 0.274 e. The Hall–Kier alpha value is -1.92. The summed E-state index contributed by atoms with van der Waals surface area (Å²) in [5.74, 6) is -0.0300. The van der Waals surface area contributed by atoms with Crippen LogP contribution < -0.4 is 5.73 Å². The average molecular weight is 250 g/mol. The molecule has 5 nitrogen and oxygen atoms in total. The number of nitrogens with zero attached hydrogens (tertiary/aromatic N) is 1. The zero-order valence-electron chi connectivity index (χ0n) is 8.74. The Labute approximate surface area is 101 Å². The fraction of sp³-hybridized carbons (Fsp3) is 0.0909. The summed E-state index contributed by atoms with van der Waals surface area (Å²) in [7, 11) is 0. The average Bonchev–Trinajstić information content (AvgIpc) is 2.80. The Bertz CT molecular complexity index is 540. The zero-order chi connectivity index (χ0) is 12.4. The highest BCUT2D eigenvalue weighted by Gasteiger charge is 2.21. The summed E-state index contributed by atoms with van der Waals surface area (Å²) in [5, 5.41) is 22.1. The molecule has 0 bridgehead atoms. The minimum atomic E-state index is -0.595. The Morgan fingerprint density at radius 1 is 1.41 bits per heavy atom. The minimum Gasteiger partial charge on any atom is -0.508 e. The van der Waals surface area contributed by atoms with Crippen molar-refractivity contribution in [3.63, 3.8) is 0 Å². The molecule has 0 unspecified atom stereocenters. The van der Waals surface area contributed by atoms with Crippen molar-refractivity contribution in [3.05, 3.63) is 56.3 Å². The van der Waals surface area contributed by atoms with Crippen molar-refractivity contribution in [2.24, 2.45) is 5.73 Å². The van der Waals surface area contributed by atoms with Crippen LogP contribution in [0.1, 0.15) is 16.5 Å². The molecule has 1 aromatic carbocycles. The third kappa shape index (κ3) is 2.27. The van der Waals surface area contributed by atoms with Crippen LogP contribution in [0, 0.1) is 10.1 Å². The van der Waals surface area contributed by atoms with E-state index in [9.17, 15) is 15.2 Å². The quantitative estimate of drug-likeness (QED) is 0.646. The lowest BCUT2D eigenvalue weighted by Crippen LogP contribution is -2.12. The molecule has 2 rings (SSSR count). The number of benzene rings is 1. The van der Waals surface area contributed by atoms with Crippen LogP contribution in [-0.4, -0.2) is 10.0 Å². The molecule has 1 heterocycles. The highest BCUT2D eigenvalue weighted by Crippen LogP contribution is 2.32. The molecule has 17 heavy (non-hydrogen) atoms. The van der Waals surface area contributed by atoms with Crippen LogP contribution in [0.2, 0.25) is 0 Å².